The standard InChI is InChI=1S/C14H13N3OS/c18-14(16-5-3-12-8-15-9-17-12)11-2-1-10-4-6-19-13(10)7-11/h1-2,4,6-9H,3,5H2,(H,15,17)(H,16,18). The van der Waals surface area contributed by atoms with E-state index in [9.17, 15) is 4.79 Å². The molecule has 0 atom stereocenters. The van der Waals surface area contributed by atoms with Crippen LogP contribution in [-0.2, 0) is 6.42 Å². The first kappa shape index (κ1) is 11.9. The van der Waals surface area contributed by atoms with Crippen LogP contribution >= 0.6 is 11.3 Å². The van der Waals surface area contributed by atoms with Gasteiger partial charge in [0.1, 0.15) is 0 Å². The number of nitrogens with one attached hydrogen (secondary N) is 2. The average molecular weight is 271 g/mol. The number of thiophene rings is 1. The smallest absolute Gasteiger partial charge is 0.251 e. The Morgan fingerprint density at radius 2 is 2.32 bits per heavy atom. The zero-order chi connectivity index (χ0) is 13.1. The van der Waals surface area contributed by atoms with Crippen molar-refractivity contribution in [1.29, 1.82) is 0 Å². The van der Waals surface area contributed by atoms with Crippen molar-refractivity contribution in [2.75, 3.05) is 6.54 Å². The number of aromatic nitrogens is 2. The number of benzene rings is 1. The molecule has 4 nitrogen and oxygen atoms in total. The Morgan fingerprint density at radius 1 is 1.37 bits per heavy atom. The second-order valence-electron chi connectivity index (χ2n) is 4.26. The molecule has 0 bridgehead atoms. The Hall–Kier alpha value is -2.14. The summed E-state index contributed by atoms with van der Waals surface area (Å²) in [6.45, 7) is 0.601. The maximum atomic E-state index is 12.0. The number of fused-ring (bicyclic) bond motifs is 1. The minimum atomic E-state index is -0.0326. The zero-order valence-corrected chi connectivity index (χ0v) is 11.0. The van der Waals surface area contributed by atoms with Crippen LogP contribution in [0.25, 0.3) is 10.1 Å². The van der Waals surface area contributed by atoms with Crippen molar-refractivity contribution in [3.63, 3.8) is 0 Å². The van der Waals surface area contributed by atoms with E-state index in [1.807, 2.05) is 23.6 Å². The average Bonchev–Trinajstić information content (AvgIpc) is 3.08. The monoisotopic (exact) mass is 271 g/mol. The summed E-state index contributed by atoms with van der Waals surface area (Å²) < 4.78 is 1.14. The van der Waals surface area contributed by atoms with Gasteiger partial charge in [0.15, 0.2) is 0 Å². The van der Waals surface area contributed by atoms with Crippen LogP contribution in [0.4, 0.5) is 0 Å². The van der Waals surface area contributed by atoms with Crippen molar-refractivity contribution < 1.29 is 4.79 Å². The lowest BCUT2D eigenvalue weighted by Crippen LogP contribution is -2.25. The predicted molar refractivity (Wildman–Crippen MR) is 76.4 cm³/mol. The Kier molecular flexibility index (Phi) is 3.29. The lowest BCUT2D eigenvalue weighted by Gasteiger charge is -2.04. The molecule has 5 heteroatoms. The van der Waals surface area contributed by atoms with E-state index in [0.717, 1.165) is 16.8 Å². The molecule has 96 valence electrons. The summed E-state index contributed by atoms with van der Waals surface area (Å²) in [5, 5.41) is 6.12. The summed E-state index contributed by atoms with van der Waals surface area (Å²) in [5.41, 5.74) is 1.73. The van der Waals surface area contributed by atoms with E-state index < -0.39 is 0 Å². The number of aromatic amines is 1. The van der Waals surface area contributed by atoms with Crippen LogP contribution in [0.15, 0.2) is 42.2 Å². The van der Waals surface area contributed by atoms with E-state index in [1.54, 1.807) is 23.9 Å². The molecule has 0 radical (unpaired) electrons. The highest BCUT2D eigenvalue weighted by molar-refractivity contribution is 7.17. The summed E-state index contributed by atoms with van der Waals surface area (Å²) in [6, 6.07) is 7.83. The van der Waals surface area contributed by atoms with Gasteiger partial charge in [-0.1, -0.05) is 6.07 Å². The molecule has 19 heavy (non-hydrogen) atoms. The van der Waals surface area contributed by atoms with E-state index >= 15 is 0 Å². The van der Waals surface area contributed by atoms with Crippen LogP contribution in [-0.4, -0.2) is 22.4 Å². The number of imidazole rings is 1. The maximum Gasteiger partial charge on any atom is 0.251 e. The Balaban J connectivity index is 1.63. The Labute approximate surface area is 114 Å². The van der Waals surface area contributed by atoms with E-state index in [0.29, 0.717) is 12.1 Å². The summed E-state index contributed by atoms with van der Waals surface area (Å²) in [4.78, 5) is 19.0. The number of amides is 1. The van der Waals surface area contributed by atoms with E-state index in [1.165, 1.54) is 5.39 Å². The van der Waals surface area contributed by atoms with Gasteiger partial charge in [-0.25, -0.2) is 4.98 Å². The van der Waals surface area contributed by atoms with Crippen molar-refractivity contribution in [3.8, 4) is 0 Å². The minimum absolute atomic E-state index is 0.0326. The molecule has 0 fully saturated rings. The Bertz CT molecular complexity index is 688. The van der Waals surface area contributed by atoms with Gasteiger partial charge in [0.05, 0.1) is 6.33 Å². The third kappa shape index (κ3) is 2.66. The van der Waals surface area contributed by atoms with Gasteiger partial charge in [-0.2, -0.15) is 0 Å². The molecule has 0 unspecified atom stereocenters. The van der Waals surface area contributed by atoms with Crippen LogP contribution in [0, 0.1) is 0 Å². The maximum absolute atomic E-state index is 12.0. The van der Waals surface area contributed by atoms with E-state index in [4.69, 9.17) is 0 Å². The largest absolute Gasteiger partial charge is 0.352 e. The molecule has 3 aromatic rings. The number of H-pyrrole nitrogens is 1. The third-order valence-electron chi connectivity index (χ3n) is 2.95. The van der Waals surface area contributed by atoms with E-state index in [2.05, 4.69) is 21.4 Å². The molecular weight excluding hydrogens is 258 g/mol. The van der Waals surface area contributed by atoms with Crippen LogP contribution < -0.4 is 5.32 Å². The summed E-state index contributed by atoms with van der Waals surface area (Å²) >= 11 is 1.65. The quantitative estimate of drug-likeness (QED) is 0.766. The van der Waals surface area contributed by atoms with Crippen LogP contribution in [0.2, 0.25) is 0 Å². The van der Waals surface area contributed by atoms with Crippen LogP contribution in [0.5, 0.6) is 0 Å². The van der Waals surface area contributed by atoms with Gasteiger partial charge in [0, 0.05) is 35.1 Å². The molecule has 2 N–H and O–H groups in total. The number of rotatable bonds is 4. The molecular formula is C14H13N3OS. The molecule has 2 heterocycles. The molecule has 0 saturated carbocycles. The lowest BCUT2D eigenvalue weighted by atomic mass is 10.1. The Morgan fingerprint density at radius 3 is 3.16 bits per heavy atom. The van der Waals surface area contributed by atoms with Gasteiger partial charge in [-0.15, -0.1) is 11.3 Å². The fraction of sp³-hybridized carbons (Fsp3) is 0.143. The first-order chi connectivity index (χ1) is 9.33. The van der Waals surface area contributed by atoms with Crippen molar-refractivity contribution in [2.45, 2.75) is 6.42 Å². The van der Waals surface area contributed by atoms with Crippen molar-refractivity contribution >= 4 is 27.3 Å². The molecule has 0 aliphatic heterocycles. The SMILES string of the molecule is O=C(NCCc1cnc[nH]1)c1ccc2ccsc2c1. The molecule has 0 aliphatic rings. The zero-order valence-electron chi connectivity index (χ0n) is 10.2. The summed E-state index contributed by atoms with van der Waals surface area (Å²) in [6.07, 6.45) is 4.17. The second-order valence-corrected chi connectivity index (χ2v) is 5.20. The number of hydrogen-bond donors (Lipinski definition) is 2. The summed E-state index contributed by atoms with van der Waals surface area (Å²) in [5.74, 6) is -0.0326. The number of nitrogens with zero attached hydrogens (tertiary/aromatic N) is 1. The van der Waals surface area contributed by atoms with Gasteiger partial charge in [-0.3, -0.25) is 4.79 Å². The number of hydrogen-bond acceptors (Lipinski definition) is 3. The molecule has 0 spiro atoms. The minimum Gasteiger partial charge on any atom is -0.352 e. The molecule has 2 aromatic heterocycles. The molecule has 0 saturated heterocycles. The van der Waals surface area contributed by atoms with Crippen LogP contribution in [0.1, 0.15) is 16.1 Å². The van der Waals surface area contributed by atoms with Gasteiger partial charge in [-0.05, 0) is 29.0 Å². The fourth-order valence-electron chi connectivity index (χ4n) is 1.93. The van der Waals surface area contributed by atoms with Gasteiger partial charge in [0.25, 0.3) is 5.91 Å². The van der Waals surface area contributed by atoms with Crippen molar-refractivity contribution in [3.05, 3.63) is 53.4 Å². The second kappa shape index (κ2) is 5.24. The summed E-state index contributed by atoms with van der Waals surface area (Å²) in [7, 11) is 0. The highest BCUT2D eigenvalue weighted by atomic mass is 32.1. The molecule has 0 aliphatic carbocycles. The van der Waals surface area contributed by atoms with Crippen molar-refractivity contribution in [2.24, 2.45) is 0 Å². The topological polar surface area (TPSA) is 57.8 Å². The van der Waals surface area contributed by atoms with Gasteiger partial charge < -0.3 is 10.3 Å². The van der Waals surface area contributed by atoms with Crippen LogP contribution in [0.3, 0.4) is 0 Å². The van der Waals surface area contributed by atoms with E-state index in [-0.39, 0.29) is 5.91 Å². The fourth-order valence-corrected chi connectivity index (χ4v) is 2.76. The molecule has 3 rings (SSSR count). The van der Waals surface area contributed by atoms with Crippen molar-refractivity contribution in [1.82, 2.24) is 15.3 Å². The first-order valence-corrected chi connectivity index (χ1v) is 6.93. The van der Waals surface area contributed by atoms with Gasteiger partial charge in [0.2, 0.25) is 0 Å². The normalized spacial score (nSPS) is 10.7. The first-order valence-electron chi connectivity index (χ1n) is 6.05. The molecule has 1 amide bonds. The highest BCUT2D eigenvalue weighted by Gasteiger charge is 2.06. The molecule has 1 aromatic carbocycles. The predicted octanol–water partition coefficient (Wildman–Crippen LogP) is 2.60. The number of carbonyl (C=O) groups is 1. The highest BCUT2D eigenvalue weighted by Crippen LogP contribution is 2.21. The van der Waals surface area contributed by atoms with Gasteiger partial charge >= 0.3 is 0 Å². The lowest BCUT2D eigenvalue weighted by molar-refractivity contribution is 0.0954. The third-order valence-corrected chi connectivity index (χ3v) is 3.83. The number of carbonyl (C=O) groups excluding carboxylic acids is 1.